The number of benzene rings is 2. The monoisotopic (exact) mass is 479 g/mol. The van der Waals surface area contributed by atoms with Crippen molar-refractivity contribution in [2.24, 2.45) is 5.73 Å². The average molecular weight is 480 g/mol. The molecule has 184 valence electrons. The van der Waals surface area contributed by atoms with E-state index < -0.39 is 11.9 Å². The largest absolute Gasteiger partial charge is 0.493 e. The maximum absolute atomic E-state index is 13.6. The van der Waals surface area contributed by atoms with E-state index in [1.54, 1.807) is 19.1 Å². The van der Waals surface area contributed by atoms with Crippen molar-refractivity contribution in [2.45, 2.75) is 31.6 Å². The molecule has 8 heteroatoms. The maximum Gasteiger partial charge on any atom is 0.340 e. The third kappa shape index (κ3) is 4.43. The lowest BCUT2D eigenvalue weighted by molar-refractivity contribution is -0.139. The van der Waals surface area contributed by atoms with Gasteiger partial charge in [0.25, 0.3) is 0 Å². The van der Waals surface area contributed by atoms with Crippen LogP contribution in [0.3, 0.4) is 0 Å². The van der Waals surface area contributed by atoms with Crippen LogP contribution in [-0.4, -0.2) is 39.7 Å². The number of rotatable bonds is 7. The molecule has 0 aromatic heterocycles. The van der Waals surface area contributed by atoms with E-state index in [4.69, 9.17) is 29.4 Å². The van der Waals surface area contributed by atoms with Gasteiger partial charge in [0.2, 0.25) is 11.6 Å². The molecule has 2 aromatic carbocycles. The number of nitrogens with two attached hydrogens (primary N) is 1. The lowest BCUT2D eigenvalue weighted by Gasteiger charge is -2.35. The van der Waals surface area contributed by atoms with Crippen LogP contribution in [0.15, 0.2) is 65.3 Å². The first-order valence-electron chi connectivity index (χ1n) is 11.4. The molecule has 8 nitrogen and oxygen atoms in total. The molecule has 1 heterocycles. The van der Waals surface area contributed by atoms with Crippen LogP contribution >= 0.6 is 0 Å². The molecule has 0 saturated heterocycles. The van der Waals surface area contributed by atoms with E-state index in [2.05, 4.69) is 0 Å². The number of allylic oxidation sites excluding steroid dienone is 2. The Balaban J connectivity index is 1.88. The highest BCUT2D eigenvalue weighted by molar-refractivity contribution is 6.03. The summed E-state index contributed by atoms with van der Waals surface area (Å²) in [5, 5.41) is 0. The molecule has 2 N–H and O–H groups in total. The predicted molar refractivity (Wildman–Crippen MR) is 128 cm³/mol. The van der Waals surface area contributed by atoms with Crippen molar-refractivity contribution in [1.82, 2.24) is 0 Å². The van der Waals surface area contributed by atoms with Crippen LogP contribution in [0.25, 0.3) is 0 Å². The summed E-state index contributed by atoms with van der Waals surface area (Å²) in [6.07, 6.45) is 0.756. The number of ether oxygens (including phenoxy) is 5. The van der Waals surface area contributed by atoms with Crippen molar-refractivity contribution in [3.8, 4) is 17.2 Å². The van der Waals surface area contributed by atoms with Crippen molar-refractivity contribution < 1.29 is 33.3 Å². The summed E-state index contributed by atoms with van der Waals surface area (Å²) in [5.41, 5.74) is 8.38. The number of methoxy groups -OCH3 is 3. The highest BCUT2D eigenvalue weighted by Crippen LogP contribution is 2.50. The Bertz CT molecular complexity index is 1170. The minimum absolute atomic E-state index is 0.0556. The minimum atomic E-state index is -0.810. The molecule has 0 fully saturated rings. The number of ketones is 1. The van der Waals surface area contributed by atoms with Crippen molar-refractivity contribution in [2.75, 3.05) is 27.9 Å². The van der Waals surface area contributed by atoms with Crippen LogP contribution in [0.2, 0.25) is 0 Å². The van der Waals surface area contributed by atoms with Crippen LogP contribution in [0, 0.1) is 0 Å². The summed E-state index contributed by atoms with van der Waals surface area (Å²) in [7, 11) is 4.51. The molecule has 2 aromatic rings. The van der Waals surface area contributed by atoms with Gasteiger partial charge in [-0.1, -0.05) is 30.3 Å². The highest BCUT2D eigenvalue weighted by atomic mass is 16.5. The second-order valence-corrected chi connectivity index (χ2v) is 8.27. The van der Waals surface area contributed by atoms with Gasteiger partial charge in [-0.15, -0.1) is 0 Å². The van der Waals surface area contributed by atoms with Crippen molar-refractivity contribution in [1.29, 1.82) is 0 Å². The van der Waals surface area contributed by atoms with Crippen LogP contribution in [0.4, 0.5) is 0 Å². The molecule has 4 rings (SSSR count). The zero-order valence-electron chi connectivity index (χ0n) is 20.3. The third-order valence-electron chi connectivity index (χ3n) is 6.33. The Morgan fingerprint density at radius 2 is 1.66 bits per heavy atom. The summed E-state index contributed by atoms with van der Waals surface area (Å²) in [6, 6.07) is 13.2. The Morgan fingerprint density at radius 1 is 1.00 bits per heavy atom. The summed E-state index contributed by atoms with van der Waals surface area (Å²) in [5.74, 6) is -0.0711. The summed E-state index contributed by atoms with van der Waals surface area (Å²) >= 11 is 0. The summed E-state index contributed by atoms with van der Waals surface area (Å²) in [6.45, 7) is 1.85. The lowest BCUT2D eigenvalue weighted by atomic mass is 9.73. The van der Waals surface area contributed by atoms with Gasteiger partial charge in [0, 0.05) is 18.4 Å². The van der Waals surface area contributed by atoms with E-state index in [-0.39, 0.29) is 36.2 Å². The molecule has 0 bridgehead atoms. The fourth-order valence-electron chi connectivity index (χ4n) is 4.78. The normalized spacial score (nSPS) is 19.6. The quantitative estimate of drug-likeness (QED) is 0.595. The Hall–Kier alpha value is -3.94. The number of hydrogen-bond donors (Lipinski definition) is 1. The fraction of sp³-hybridized carbons (Fsp3) is 0.333. The Labute approximate surface area is 204 Å². The van der Waals surface area contributed by atoms with E-state index in [0.717, 1.165) is 5.56 Å². The van der Waals surface area contributed by atoms with Gasteiger partial charge in [0.15, 0.2) is 17.3 Å². The average Bonchev–Trinajstić information content (AvgIpc) is 2.87. The number of Topliss-reactive ketones (excluding diaryl/α,β-unsaturated/α-hetero) is 1. The van der Waals surface area contributed by atoms with Crippen LogP contribution in [-0.2, 0) is 19.1 Å². The van der Waals surface area contributed by atoms with E-state index >= 15 is 0 Å². The third-order valence-corrected chi connectivity index (χ3v) is 6.33. The summed E-state index contributed by atoms with van der Waals surface area (Å²) < 4.78 is 27.7. The second-order valence-electron chi connectivity index (χ2n) is 8.27. The number of carbonyl (C=O) groups is 2. The number of hydrogen-bond acceptors (Lipinski definition) is 8. The van der Waals surface area contributed by atoms with E-state index in [9.17, 15) is 9.59 Å². The molecule has 0 saturated carbocycles. The fourth-order valence-corrected chi connectivity index (χ4v) is 4.78. The van der Waals surface area contributed by atoms with Gasteiger partial charge < -0.3 is 29.4 Å². The molecule has 0 amide bonds. The molecule has 0 unspecified atom stereocenters. The standard InChI is InChI=1S/C27H29NO7/c1-5-34-27(30)24-22(17-13-20(31-2)25(33-4)21(14-17)32-3)23-18(29)11-16(12-19(23)35-26(24)28)15-9-7-6-8-10-15/h6-10,13-14,16,22H,5,11-12,28H2,1-4H3/t16-,22+/m1/s1. The molecule has 1 aliphatic heterocycles. The van der Waals surface area contributed by atoms with Gasteiger partial charge in [-0.3, -0.25) is 4.79 Å². The van der Waals surface area contributed by atoms with Crippen molar-refractivity contribution >= 4 is 11.8 Å². The first kappa shape index (κ1) is 24.2. The van der Waals surface area contributed by atoms with Crippen LogP contribution < -0.4 is 19.9 Å². The highest BCUT2D eigenvalue weighted by Gasteiger charge is 2.44. The first-order valence-corrected chi connectivity index (χ1v) is 11.4. The lowest BCUT2D eigenvalue weighted by Crippen LogP contribution is -2.33. The molecule has 2 aliphatic rings. The predicted octanol–water partition coefficient (Wildman–Crippen LogP) is 3.96. The number of carbonyl (C=O) groups excluding carboxylic acids is 2. The van der Waals surface area contributed by atoms with Gasteiger partial charge in [-0.25, -0.2) is 4.79 Å². The maximum atomic E-state index is 13.6. The topological polar surface area (TPSA) is 106 Å². The van der Waals surface area contributed by atoms with Crippen LogP contribution in [0.1, 0.15) is 42.7 Å². The number of esters is 1. The van der Waals surface area contributed by atoms with Crippen molar-refractivity contribution in [3.63, 3.8) is 0 Å². The SMILES string of the molecule is CCOC(=O)C1=C(N)OC2=C(C(=O)C[C@@H](c3ccccc3)C2)[C@@H]1c1cc(OC)c(OC)c(OC)c1. The van der Waals surface area contributed by atoms with E-state index in [1.165, 1.54) is 21.3 Å². The molecule has 0 radical (unpaired) electrons. The second kappa shape index (κ2) is 10.1. The minimum Gasteiger partial charge on any atom is -0.493 e. The molecular weight excluding hydrogens is 450 g/mol. The smallest absolute Gasteiger partial charge is 0.340 e. The molecule has 2 atom stereocenters. The molecular formula is C27H29NO7. The van der Waals surface area contributed by atoms with Crippen molar-refractivity contribution in [3.05, 3.63) is 76.4 Å². The Morgan fingerprint density at radius 3 is 2.23 bits per heavy atom. The van der Waals surface area contributed by atoms with Gasteiger partial charge >= 0.3 is 5.97 Å². The Kier molecular flexibility index (Phi) is 7.00. The zero-order chi connectivity index (χ0) is 25.1. The van der Waals surface area contributed by atoms with E-state index in [0.29, 0.717) is 40.6 Å². The van der Waals surface area contributed by atoms with Crippen LogP contribution in [0.5, 0.6) is 17.2 Å². The van der Waals surface area contributed by atoms with Gasteiger partial charge in [-0.05, 0) is 36.1 Å². The molecule has 1 aliphatic carbocycles. The van der Waals surface area contributed by atoms with E-state index in [1.807, 2.05) is 30.3 Å². The van der Waals surface area contributed by atoms with Gasteiger partial charge in [-0.2, -0.15) is 0 Å². The van der Waals surface area contributed by atoms with Gasteiger partial charge in [0.1, 0.15) is 11.3 Å². The van der Waals surface area contributed by atoms with Gasteiger partial charge in [0.05, 0.1) is 33.9 Å². The molecule has 0 spiro atoms. The summed E-state index contributed by atoms with van der Waals surface area (Å²) in [4.78, 5) is 26.7. The zero-order valence-corrected chi connectivity index (χ0v) is 20.3. The first-order chi connectivity index (χ1) is 16.9. The molecule has 35 heavy (non-hydrogen) atoms.